The van der Waals surface area contributed by atoms with Gasteiger partial charge in [-0.15, -0.1) is 0 Å². The number of amides is 1. The summed E-state index contributed by atoms with van der Waals surface area (Å²) in [6, 6.07) is 7.26. The fourth-order valence-electron chi connectivity index (χ4n) is 2.06. The van der Waals surface area contributed by atoms with Gasteiger partial charge in [-0.1, -0.05) is 16.8 Å². The molecule has 124 valence electrons. The highest BCUT2D eigenvalue weighted by Gasteiger charge is 2.11. The topological polar surface area (TPSA) is 71.3 Å². The van der Waals surface area contributed by atoms with Crippen molar-refractivity contribution in [3.8, 4) is 11.4 Å². The van der Waals surface area contributed by atoms with E-state index in [1.807, 2.05) is 26.2 Å². The maximum atomic E-state index is 11.9. The van der Waals surface area contributed by atoms with Gasteiger partial charge in [0.2, 0.25) is 17.6 Å². The number of rotatable bonds is 8. The summed E-state index contributed by atoms with van der Waals surface area (Å²) >= 11 is 5.86. The highest BCUT2D eigenvalue weighted by Crippen LogP contribution is 2.19. The van der Waals surface area contributed by atoms with E-state index in [9.17, 15) is 4.79 Å². The second kappa shape index (κ2) is 8.64. The molecule has 2 rings (SSSR count). The number of aromatic nitrogens is 2. The standard InChI is InChI=1S/C16H21ClN4O2/c1-18-10-11-21(2)15(22)5-3-4-14-19-16(20-23-14)12-6-8-13(17)9-7-12/h6-9,18H,3-5,10-11H2,1-2H3. The monoisotopic (exact) mass is 336 g/mol. The fourth-order valence-corrected chi connectivity index (χ4v) is 2.18. The van der Waals surface area contributed by atoms with Crippen LogP contribution in [0.5, 0.6) is 0 Å². The van der Waals surface area contributed by atoms with Gasteiger partial charge in [0.05, 0.1) is 0 Å². The third-order valence-electron chi connectivity index (χ3n) is 3.47. The zero-order valence-corrected chi connectivity index (χ0v) is 14.1. The summed E-state index contributed by atoms with van der Waals surface area (Å²) in [5, 5.41) is 7.64. The zero-order chi connectivity index (χ0) is 16.7. The lowest BCUT2D eigenvalue weighted by Crippen LogP contribution is -2.32. The van der Waals surface area contributed by atoms with Crippen molar-refractivity contribution in [1.29, 1.82) is 0 Å². The SMILES string of the molecule is CNCCN(C)C(=O)CCCc1nc(-c2ccc(Cl)cc2)no1. The molecule has 1 N–H and O–H groups in total. The number of nitrogens with zero attached hydrogens (tertiary/aromatic N) is 3. The average Bonchev–Trinajstić information content (AvgIpc) is 3.02. The first-order valence-electron chi connectivity index (χ1n) is 7.57. The van der Waals surface area contributed by atoms with Crippen LogP contribution in [-0.4, -0.2) is 48.1 Å². The van der Waals surface area contributed by atoms with Crippen molar-refractivity contribution in [3.63, 3.8) is 0 Å². The summed E-state index contributed by atoms with van der Waals surface area (Å²) in [6.07, 6.45) is 1.75. The summed E-state index contributed by atoms with van der Waals surface area (Å²) in [5.41, 5.74) is 0.854. The molecule has 1 aromatic heterocycles. The minimum atomic E-state index is 0.123. The van der Waals surface area contributed by atoms with Crippen LogP contribution in [0.4, 0.5) is 0 Å². The fraction of sp³-hybridized carbons (Fsp3) is 0.438. The van der Waals surface area contributed by atoms with Crippen LogP contribution < -0.4 is 5.32 Å². The lowest BCUT2D eigenvalue weighted by Gasteiger charge is -2.16. The van der Waals surface area contributed by atoms with E-state index >= 15 is 0 Å². The Kier molecular flexibility index (Phi) is 6.55. The summed E-state index contributed by atoms with van der Waals surface area (Å²) in [4.78, 5) is 18.0. The highest BCUT2D eigenvalue weighted by atomic mass is 35.5. The van der Waals surface area contributed by atoms with Gasteiger partial charge in [-0.25, -0.2) is 0 Å². The first-order valence-corrected chi connectivity index (χ1v) is 7.95. The maximum absolute atomic E-state index is 11.9. The molecule has 2 aromatic rings. The van der Waals surface area contributed by atoms with Crippen LogP contribution in [0.25, 0.3) is 11.4 Å². The van der Waals surface area contributed by atoms with Crippen molar-refractivity contribution in [2.24, 2.45) is 0 Å². The van der Waals surface area contributed by atoms with Crippen molar-refractivity contribution in [3.05, 3.63) is 35.2 Å². The summed E-state index contributed by atoms with van der Waals surface area (Å²) in [7, 11) is 3.68. The Morgan fingerprint density at radius 3 is 2.78 bits per heavy atom. The molecule has 0 aliphatic heterocycles. The van der Waals surface area contributed by atoms with E-state index in [0.717, 1.165) is 12.1 Å². The minimum absolute atomic E-state index is 0.123. The van der Waals surface area contributed by atoms with Gasteiger partial charge < -0.3 is 14.7 Å². The molecule has 0 bridgehead atoms. The number of likely N-dealkylation sites (N-methyl/N-ethyl adjacent to an activating group) is 2. The van der Waals surface area contributed by atoms with Crippen LogP contribution in [0.3, 0.4) is 0 Å². The van der Waals surface area contributed by atoms with E-state index in [0.29, 0.717) is 42.5 Å². The van der Waals surface area contributed by atoms with Gasteiger partial charge in [0.1, 0.15) is 0 Å². The number of aryl methyl sites for hydroxylation is 1. The van der Waals surface area contributed by atoms with Crippen LogP contribution in [-0.2, 0) is 11.2 Å². The van der Waals surface area contributed by atoms with E-state index in [1.54, 1.807) is 17.0 Å². The van der Waals surface area contributed by atoms with E-state index in [1.165, 1.54) is 0 Å². The predicted molar refractivity (Wildman–Crippen MR) is 89.2 cm³/mol. The van der Waals surface area contributed by atoms with Crippen molar-refractivity contribution < 1.29 is 9.32 Å². The molecule has 7 heteroatoms. The molecular weight excluding hydrogens is 316 g/mol. The Morgan fingerprint density at radius 1 is 1.35 bits per heavy atom. The summed E-state index contributed by atoms with van der Waals surface area (Å²) in [5.74, 6) is 1.20. The molecule has 0 spiro atoms. The molecule has 0 aliphatic carbocycles. The Morgan fingerprint density at radius 2 is 2.09 bits per heavy atom. The first-order chi connectivity index (χ1) is 11.1. The molecule has 0 saturated heterocycles. The lowest BCUT2D eigenvalue weighted by molar-refractivity contribution is -0.129. The van der Waals surface area contributed by atoms with Crippen molar-refractivity contribution >= 4 is 17.5 Å². The molecule has 0 radical (unpaired) electrons. The van der Waals surface area contributed by atoms with Crippen LogP contribution in [0.1, 0.15) is 18.7 Å². The van der Waals surface area contributed by atoms with Crippen molar-refractivity contribution in [2.45, 2.75) is 19.3 Å². The number of carbonyl (C=O) groups excluding carboxylic acids is 1. The molecule has 6 nitrogen and oxygen atoms in total. The molecule has 0 unspecified atom stereocenters. The molecule has 0 aliphatic rings. The number of hydrogen-bond acceptors (Lipinski definition) is 5. The molecular formula is C16H21ClN4O2. The van der Waals surface area contributed by atoms with Crippen molar-refractivity contribution in [1.82, 2.24) is 20.4 Å². The molecule has 23 heavy (non-hydrogen) atoms. The zero-order valence-electron chi connectivity index (χ0n) is 13.4. The number of halogens is 1. The summed E-state index contributed by atoms with van der Waals surface area (Å²) in [6.45, 7) is 1.49. The van der Waals surface area contributed by atoms with E-state index < -0.39 is 0 Å². The number of benzene rings is 1. The van der Waals surface area contributed by atoms with Gasteiger partial charge in [-0.2, -0.15) is 4.98 Å². The van der Waals surface area contributed by atoms with Gasteiger partial charge >= 0.3 is 0 Å². The van der Waals surface area contributed by atoms with Gasteiger partial charge in [0.25, 0.3) is 0 Å². The molecule has 1 amide bonds. The van der Waals surface area contributed by atoms with E-state index in [2.05, 4.69) is 15.5 Å². The Labute approximate surface area is 140 Å². The molecule has 1 aromatic carbocycles. The minimum Gasteiger partial charge on any atom is -0.344 e. The number of carbonyl (C=O) groups is 1. The van der Waals surface area contributed by atoms with Gasteiger partial charge in [0.15, 0.2) is 0 Å². The largest absolute Gasteiger partial charge is 0.344 e. The Balaban J connectivity index is 1.81. The van der Waals surface area contributed by atoms with Crippen LogP contribution >= 0.6 is 11.6 Å². The van der Waals surface area contributed by atoms with Gasteiger partial charge in [-0.3, -0.25) is 4.79 Å². The first kappa shape index (κ1) is 17.4. The van der Waals surface area contributed by atoms with E-state index in [4.69, 9.17) is 16.1 Å². The van der Waals surface area contributed by atoms with Gasteiger partial charge in [0, 0.05) is 43.6 Å². The summed E-state index contributed by atoms with van der Waals surface area (Å²) < 4.78 is 5.23. The van der Waals surface area contributed by atoms with E-state index in [-0.39, 0.29) is 5.91 Å². The van der Waals surface area contributed by atoms with Crippen LogP contribution in [0, 0.1) is 0 Å². The smallest absolute Gasteiger partial charge is 0.226 e. The third-order valence-corrected chi connectivity index (χ3v) is 3.73. The number of hydrogen-bond donors (Lipinski definition) is 1. The Hall–Kier alpha value is -1.92. The highest BCUT2D eigenvalue weighted by molar-refractivity contribution is 6.30. The lowest BCUT2D eigenvalue weighted by atomic mass is 10.2. The third kappa shape index (κ3) is 5.33. The Bertz CT molecular complexity index is 627. The maximum Gasteiger partial charge on any atom is 0.226 e. The van der Waals surface area contributed by atoms with Crippen LogP contribution in [0.2, 0.25) is 5.02 Å². The second-order valence-corrected chi connectivity index (χ2v) is 5.73. The normalized spacial score (nSPS) is 10.7. The molecule has 0 saturated carbocycles. The second-order valence-electron chi connectivity index (χ2n) is 5.29. The molecule has 0 atom stereocenters. The average molecular weight is 337 g/mol. The van der Waals surface area contributed by atoms with Crippen LogP contribution in [0.15, 0.2) is 28.8 Å². The quantitative estimate of drug-likeness (QED) is 0.801. The van der Waals surface area contributed by atoms with Crippen molar-refractivity contribution in [2.75, 3.05) is 27.2 Å². The predicted octanol–water partition coefficient (Wildman–Crippen LogP) is 2.39. The number of nitrogens with one attached hydrogen (secondary N) is 1. The molecule has 0 fully saturated rings. The molecule has 1 heterocycles. The van der Waals surface area contributed by atoms with Gasteiger partial charge in [-0.05, 0) is 37.7 Å².